The van der Waals surface area contributed by atoms with Crippen LogP contribution in [0, 0.1) is 13.8 Å². The maximum absolute atomic E-state index is 7.06. The molecular formula is C44H45N2O2P+2. The van der Waals surface area contributed by atoms with Crippen LogP contribution < -0.4 is 20.1 Å². The summed E-state index contributed by atoms with van der Waals surface area (Å²) in [5.41, 5.74) is 9.38. The van der Waals surface area contributed by atoms with Crippen LogP contribution in [-0.2, 0) is 12.8 Å². The third-order valence-electron chi connectivity index (χ3n) is 10.0. The van der Waals surface area contributed by atoms with Gasteiger partial charge in [-0.3, -0.25) is 0 Å². The highest BCUT2D eigenvalue weighted by Crippen LogP contribution is 2.49. The van der Waals surface area contributed by atoms with Crippen LogP contribution in [0.4, 0.5) is 11.4 Å². The summed E-state index contributed by atoms with van der Waals surface area (Å²) in [4.78, 5) is 0. The zero-order valence-corrected chi connectivity index (χ0v) is 29.8. The fourth-order valence-corrected chi connectivity index (χ4v) is 10.1. The molecule has 0 aliphatic carbocycles. The highest BCUT2D eigenvalue weighted by atomic mass is 31.1. The minimum absolute atomic E-state index is 0.366. The van der Waals surface area contributed by atoms with E-state index in [1.165, 1.54) is 53.6 Å². The van der Waals surface area contributed by atoms with Gasteiger partial charge in [0.25, 0.3) is 11.4 Å². The van der Waals surface area contributed by atoms with Crippen LogP contribution in [0.15, 0.2) is 109 Å². The molecule has 3 aliphatic heterocycles. The molecule has 3 aliphatic rings. The lowest BCUT2D eigenvalue weighted by molar-refractivity contribution is -0.831. The van der Waals surface area contributed by atoms with E-state index in [4.69, 9.17) is 9.47 Å². The minimum Gasteiger partial charge on any atom is -0.340 e. The second kappa shape index (κ2) is 13.4. The lowest BCUT2D eigenvalue weighted by Crippen LogP contribution is -2.59. The number of unbranched alkanes of at least 4 members (excludes halogenated alkanes) is 3. The molecule has 0 bridgehead atoms. The van der Waals surface area contributed by atoms with Crippen LogP contribution in [0.5, 0.6) is 11.5 Å². The summed E-state index contributed by atoms with van der Waals surface area (Å²) in [6.07, 6.45) is 13.8. The Morgan fingerprint density at radius 2 is 1.04 bits per heavy atom. The molecule has 0 N–H and O–H groups in total. The molecule has 0 saturated carbocycles. The maximum atomic E-state index is 7.06. The summed E-state index contributed by atoms with van der Waals surface area (Å²) < 4.78 is 18.5. The van der Waals surface area contributed by atoms with Crippen LogP contribution >= 0.6 is 7.92 Å². The topological polar surface area (TPSA) is 24.5 Å². The van der Waals surface area contributed by atoms with E-state index in [0.29, 0.717) is 0 Å². The summed E-state index contributed by atoms with van der Waals surface area (Å²) >= 11 is 0. The Morgan fingerprint density at radius 1 is 0.571 bits per heavy atom. The van der Waals surface area contributed by atoms with Crippen molar-refractivity contribution in [3.63, 3.8) is 0 Å². The third kappa shape index (κ3) is 5.91. The Balaban J connectivity index is 1.06. The molecule has 5 aromatic rings. The molecule has 49 heavy (non-hydrogen) atoms. The van der Waals surface area contributed by atoms with Crippen LogP contribution in [-0.4, -0.2) is 33.8 Å². The average molecular weight is 665 g/mol. The zero-order chi connectivity index (χ0) is 33.4. The van der Waals surface area contributed by atoms with Gasteiger partial charge in [-0.1, -0.05) is 105 Å². The minimum atomic E-state index is -1.14. The summed E-state index contributed by atoms with van der Waals surface area (Å²) in [6, 6.07) is 38.7. The van der Waals surface area contributed by atoms with Crippen molar-refractivity contribution < 1.29 is 18.6 Å². The molecule has 1 spiro atoms. The molecule has 0 fully saturated rings. The first-order valence-electron chi connectivity index (χ1n) is 17.9. The van der Waals surface area contributed by atoms with E-state index in [0.717, 1.165) is 64.4 Å². The highest BCUT2D eigenvalue weighted by molar-refractivity contribution is 7.73. The van der Waals surface area contributed by atoms with Gasteiger partial charge in [-0.25, -0.2) is 0 Å². The summed E-state index contributed by atoms with van der Waals surface area (Å²) in [7, 11) is -0.366. The first-order valence-corrected chi connectivity index (χ1v) is 19.5. The van der Waals surface area contributed by atoms with Gasteiger partial charge in [0.2, 0.25) is 0 Å². The standard InChI is InChI=1S/C44H45N2O2P/c1-4-5-8-17-34-26-32(2)42-36(28-34)30-45-40-23-13-14-24-41(40)46-31-37-29-35(27-33(3)43(37)48-44(45,46)47-42)18-15-16-25-49(38-19-9-6-10-20-38)39-21-11-7-12-22-39/h6-7,9-14,19-24,26-31H,4-5,8,15-18,25H2,1-3H3/q+2. The molecule has 3 heterocycles. The molecule has 0 saturated heterocycles. The Bertz CT molecular complexity index is 2030. The number of benzene rings is 5. The Hall–Kier alpha value is -4.53. The third-order valence-corrected chi connectivity index (χ3v) is 12.7. The normalized spacial score (nSPS) is 16.7. The van der Waals surface area contributed by atoms with Crippen LogP contribution in [0.25, 0.3) is 0 Å². The van der Waals surface area contributed by atoms with Gasteiger partial charge in [-0.2, -0.15) is 0 Å². The average Bonchev–Trinajstić information content (AvgIpc) is 3.40. The van der Waals surface area contributed by atoms with Crippen molar-refractivity contribution in [2.24, 2.45) is 0 Å². The van der Waals surface area contributed by atoms with Gasteiger partial charge in [0.1, 0.15) is 0 Å². The van der Waals surface area contributed by atoms with Crippen molar-refractivity contribution in [2.75, 3.05) is 6.16 Å². The molecule has 1 atom stereocenters. The molecule has 1 unspecified atom stereocenters. The lowest BCUT2D eigenvalue weighted by Gasteiger charge is -2.28. The Morgan fingerprint density at radius 3 is 1.53 bits per heavy atom. The van der Waals surface area contributed by atoms with E-state index < -0.39 is 6.03 Å². The van der Waals surface area contributed by atoms with Gasteiger partial charge < -0.3 is 9.47 Å². The van der Waals surface area contributed by atoms with Crippen molar-refractivity contribution in [2.45, 2.75) is 71.8 Å². The first-order chi connectivity index (χ1) is 24.0. The Kier molecular flexibility index (Phi) is 8.68. The smallest absolute Gasteiger partial charge is 0.340 e. The summed E-state index contributed by atoms with van der Waals surface area (Å²) in [5.74, 6) is 1.78. The van der Waals surface area contributed by atoms with Crippen LogP contribution in [0.2, 0.25) is 0 Å². The summed E-state index contributed by atoms with van der Waals surface area (Å²) in [5, 5.41) is 2.92. The quantitative estimate of drug-likeness (QED) is 0.0799. The number of hydrogen-bond donors (Lipinski definition) is 0. The molecule has 0 aromatic heterocycles. The Labute approximate surface area is 292 Å². The number of aryl methyl sites for hydroxylation is 4. The van der Waals surface area contributed by atoms with Crippen molar-refractivity contribution in [1.82, 2.24) is 0 Å². The van der Waals surface area contributed by atoms with Gasteiger partial charge in [-0.15, -0.1) is 0 Å². The maximum Gasteiger partial charge on any atom is 0.715 e. The van der Waals surface area contributed by atoms with E-state index in [2.05, 4.69) is 152 Å². The molecule has 246 valence electrons. The molecular weight excluding hydrogens is 619 g/mol. The van der Waals surface area contributed by atoms with Gasteiger partial charge in [0, 0.05) is 12.1 Å². The number of hydrogen-bond acceptors (Lipinski definition) is 2. The fraction of sp³-hybridized carbons (Fsp3) is 0.273. The van der Waals surface area contributed by atoms with Crippen LogP contribution in [0.3, 0.4) is 0 Å². The van der Waals surface area contributed by atoms with Crippen molar-refractivity contribution in [1.29, 1.82) is 0 Å². The molecule has 4 nitrogen and oxygen atoms in total. The number of fused-ring (bicyclic) bond motifs is 5. The predicted molar refractivity (Wildman–Crippen MR) is 203 cm³/mol. The van der Waals surface area contributed by atoms with Gasteiger partial charge in [0.15, 0.2) is 23.9 Å². The van der Waals surface area contributed by atoms with E-state index in [9.17, 15) is 0 Å². The highest BCUT2D eigenvalue weighted by Gasteiger charge is 2.72. The van der Waals surface area contributed by atoms with Crippen molar-refractivity contribution >= 4 is 42.3 Å². The molecule has 5 heteroatoms. The van der Waals surface area contributed by atoms with Gasteiger partial charge in [0.05, 0.1) is 11.1 Å². The molecule has 5 aromatic carbocycles. The second-order valence-electron chi connectivity index (χ2n) is 13.6. The SMILES string of the molecule is CCCCCc1cc(C)c2c(c1)C=[N+]1c3ccccc3[N+]3=Cc4cc(CCCCP(c5ccccc5)c5ccccc5)cc(C)c4OC13O2. The fourth-order valence-electron chi connectivity index (χ4n) is 7.67. The van der Waals surface area contributed by atoms with E-state index in [1.807, 2.05) is 0 Å². The van der Waals surface area contributed by atoms with E-state index >= 15 is 0 Å². The van der Waals surface area contributed by atoms with Gasteiger partial charge in [-0.05, 0) is 114 Å². The van der Waals surface area contributed by atoms with E-state index in [1.54, 1.807) is 0 Å². The monoisotopic (exact) mass is 664 g/mol. The number of nitrogens with zero attached hydrogens (tertiary/aromatic N) is 2. The largest absolute Gasteiger partial charge is 0.715 e. The first kappa shape index (κ1) is 31.7. The zero-order valence-electron chi connectivity index (χ0n) is 28.9. The molecule has 8 rings (SSSR count). The summed E-state index contributed by atoms with van der Waals surface area (Å²) in [6.45, 7) is 6.59. The van der Waals surface area contributed by atoms with Gasteiger partial charge >= 0.3 is 6.03 Å². The van der Waals surface area contributed by atoms with Crippen molar-refractivity contribution in [3.8, 4) is 11.5 Å². The van der Waals surface area contributed by atoms with E-state index in [-0.39, 0.29) is 7.92 Å². The predicted octanol–water partition coefficient (Wildman–Crippen LogP) is 9.43. The number of ether oxygens (including phenoxy) is 2. The van der Waals surface area contributed by atoms with Crippen LogP contribution in [0.1, 0.15) is 72.4 Å². The molecule has 0 radical (unpaired) electrons. The number of para-hydroxylation sites is 2. The lowest BCUT2D eigenvalue weighted by atomic mass is 10.00. The molecule has 0 amide bonds. The second-order valence-corrected chi connectivity index (χ2v) is 16.0. The number of rotatable bonds is 11. The van der Waals surface area contributed by atoms with Crippen molar-refractivity contribution in [3.05, 3.63) is 143 Å².